The Hall–Kier alpha value is -3.54. The topological polar surface area (TPSA) is 103 Å². The maximum Gasteiger partial charge on any atom is 0.407 e. The molecule has 1 aromatic heterocycles. The van der Waals surface area contributed by atoms with E-state index in [0.717, 1.165) is 42.7 Å². The maximum atomic E-state index is 11.9. The fourth-order valence-electron chi connectivity index (χ4n) is 4.89. The number of alkyl carbamates (subject to hydrolysis) is 1. The molecule has 2 heterocycles. The molecule has 0 bridgehead atoms. The van der Waals surface area contributed by atoms with Crippen LogP contribution in [-0.2, 0) is 27.4 Å². The van der Waals surface area contributed by atoms with Crippen molar-refractivity contribution in [3.8, 4) is 11.1 Å². The number of aliphatic hydroxyl groups is 1. The lowest BCUT2D eigenvalue weighted by atomic mass is 9.91. The number of thioether (sulfide) groups is 1. The number of aryl methyl sites for hydroxylation is 1. The smallest absolute Gasteiger partial charge is 0.407 e. The number of aliphatic hydroxyl groups excluding tert-OH is 1. The van der Waals surface area contributed by atoms with Crippen molar-refractivity contribution in [2.75, 3.05) is 12.4 Å². The van der Waals surface area contributed by atoms with Crippen molar-refractivity contribution in [1.82, 2.24) is 15.5 Å². The predicted molar refractivity (Wildman–Crippen MR) is 169 cm³/mol. The number of nitrogens with one attached hydrogen (secondary N) is 1. The van der Waals surface area contributed by atoms with Gasteiger partial charge in [0.05, 0.1) is 18.8 Å². The summed E-state index contributed by atoms with van der Waals surface area (Å²) in [5, 5.41) is 21.7. The molecule has 5 rings (SSSR count). The summed E-state index contributed by atoms with van der Waals surface area (Å²) in [5.41, 5.74) is 5.80. The van der Waals surface area contributed by atoms with E-state index in [4.69, 9.17) is 14.2 Å². The van der Waals surface area contributed by atoms with Crippen molar-refractivity contribution in [3.63, 3.8) is 0 Å². The monoisotopic (exact) mass is 617 g/mol. The van der Waals surface area contributed by atoms with Gasteiger partial charge in [0.15, 0.2) is 10.6 Å². The minimum absolute atomic E-state index is 0.00290. The molecule has 0 aliphatic carbocycles. The van der Waals surface area contributed by atoms with Gasteiger partial charge in [-0.15, -0.1) is 10.2 Å². The van der Waals surface area contributed by atoms with Crippen LogP contribution < -0.4 is 5.32 Å². The molecule has 224 valence electrons. The standard InChI is InChI=1S/C33H35N3O5S2/c1-4-15-39-32(38)34-18-24-7-5-8-26(16-24)27-9-6-10-28(17-27)31-40-29(20-42-33-36-35-22(3)43-33)21(2)30(41-31)25-13-11-23(19-37)12-14-25/h4-14,16-17,21,29-31,37H,1,15,18-20H2,2-3H3,(H,34,38)/t21-,29+,30+,31+/m0/s1. The fourth-order valence-corrected chi connectivity index (χ4v) is 6.89. The molecule has 0 spiro atoms. The molecule has 43 heavy (non-hydrogen) atoms. The molecule has 4 aromatic rings. The molecule has 2 N–H and O–H groups in total. The summed E-state index contributed by atoms with van der Waals surface area (Å²) in [5.74, 6) is 0.786. The lowest BCUT2D eigenvalue weighted by Gasteiger charge is -2.41. The van der Waals surface area contributed by atoms with Crippen LogP contribution in [0, 0.1) is 12.8 Å². The third-order valence-electron chi connectivity index (χ3n) is 7.19. The number of carbonyl (C=O) groups is 1. The lowest BCUT2D eigenvalue weighted by molar-refractivity contribution is -0.268. The van der Waals surface area contributed by atoms with Gasteiger partial charge in [-0.3, -0.25) is 0 Å². The van der Waals surface area contributed by atoms with Crippen LogP contribution in [0.4, 0.5) is 4.79 Å². The first-order chi connectivity index (χ1) is 20.9. The van der Waals surface area contributed by atoms with E-state index in [1.807, 2.05) is 67.6 Å². The Balaban J connectivity index is 1.37. The van der Waals surface area contributed by atoms with Crippen LogP contribution >= 0.6 is 23.1 Å². The van der Waals surface area contributed by atoms with Crippen LogP contribution in [0.3, 0.4) is 0 Å². The van der Waals surface area contributed by atoms with E-state index in [0.29, 0.717) is 12.3 Å². The van der Waals surface area contributed by atoms with E-state index < -0.39 is 12.4 Å². The predicted octanol–water partition coefficient (Wildman–Crippen LogP) is 7.00. The highest BCUT2D eigenvalue weighted by Gasteiger charge is 2.38. The average molecular weight is 618 g/mol. The number of ether oxygens (including phenoxy) is 3. The van der Waals surface area contributed by atoms with Gasteiger partial charge in [-0.2, -0.15) is 0 Å². The number of benzene rings is 3. The highest BCUT2D eigenvalue weighted by atomic mass is 32.2. The Morgan fingerprint density at radius 3 is 2.53 bits per heavy atom. The summed E-state index contributed by atoms with van der Waals surface area (Å²) >= 11 is 3.23. The van der Waals surface area contributed by atoms with Crippen molar-refractivity contribution in [3.05, 3.63) is 113 Å². The Morgan fingerprint density at radius 1 is 1.05 bits per heavy atom. The SMILES string of the molecule is C=CCOC(=O)NCc1cccc(-c2cccc([C@@H]3O[C@H](CSc4nnc(C)s4)[C@H](C)[C@H](c4ccc(CO)cc4)O3)c2)c1. The second-order valence-corrected chi connectivity index (χ2v) is 12.7. The normalized spacial score (nSPS) is 20.0. The molecule has 10 heteroatoms. The first-order valence-electron chi connectivity index (χ1n) is 14.1. The number of hydrogen-bond acceptors (Lipinski definition) is 9. The van der Waals surface area contributed by atoms with Crippen molar-refractivity contribution < 1.29 is 24.1 Å². The number of amides is 1. The van der Waals surface area contributed by atoms with Crippen molar-refractivity contribution in [1.29, 1.82) is 0 Å². The van der Waals surface area contributed by atoms with Crippen LogP contribution in [0.1, 0.15) is 46.6 Å². The Bertz CT molecular complexity index is 1530. The van der Waals surface area contributed by atoms with E-state index >= 15 is 0 Å². The molecule has 3 aromatic carbocycles. The van der Waals surface area contributed by atoms with Gasteiger partial charge in [-0.25, -0.2) is 4.79 Å². The van der Waals surface area contributed by atoms with E-state index in [2.05, 4.69) is 41.1 Å². The summed E-state index contributed by atoms with van der Waals surface area (Å²) in [7, 11) is 0. The summed E-state index contributed by atoms with van der Waals surface area (Å²) in [6, 6.07) is 24.1. The largest absolute Gasteiger partial charge is 0.445 e. The molecule has 0 unspecified atom stereocenters. The Morgan fingerprint density at radius 2 is 1.81 bits per heavy atom. The number of rotatable bonds is 11. The fraction of sp³-hybridized carbons (Fsp3) is 0.303. The summed E-state index contributed by atoms with van der Waals surface area (Å²) in [6.45, 7) is 8.17. The molecule has 1 saturated heterocycles. The summed E-state index contributed by atoms with van der Waals surface area (Å²) < 4.78 is 19.2. The molecule has 0 saturated carbocycles. The third kappa shape index (κ3) is 8.10. The highest BCUT2D eigenvalue weighted by Crippen LogP contribution is 2.43. The summed E-state index contributed by atoms with van der Waals surface area (Å²) in [6.07, 6.45) is 0.164. The molecule has 4 atom stereocenters. The van der Waals surface area contributed by atoms with Gasteiger partial charge < -0.3 is 24.6 Å². The van der Waals surface area contributed by atoms with Crippen molar-refractivity contribution in [2.24, 2.45) is 5.92 Å². The van der Waals surface area contributed by atoms with Crippen LogP contribution in [0.15, 0.2) is 89.8 Å². The molecule has 1 amide bonds. The van der Waals surface area contributed by atoms with Crippen molar-refractivity contribution in [2.45, 2.75) is 49.8 Å². The third-order valence-corrected chi connectivity index (χ3v) is 9.25. The van der Waals surface area contributed by atoms with Crippen LogP contribution in [0.5, 0.6) is 0 Å². The minimum atomic E-state index is -0.579. The quantitative estimate of drug-likeness (QED) is 0.137. The van der Waals surface area contributed by atoms with Gasteiger partial charge in [0.1, 0.15) is 11.6 Å². The second-order valence-electron chi connectivity index (χ2n) is 10.3. The first-order valence-corrected chi connectivity index (χ1v) is 15.9. The Kier molecular flexibility index (Phi) is 10.6. The molecule has 8 nitrogen and oxygen atoms in total. The van der Waals surface area contributed by atoms with Gasteiger partial charge in [0.25, 0.3) is 0 Å². The molecule has 0 radical (unpaired) electrons. The summed E-state index contributed by atoms with van der Waals surface area (Å²) in [4.78, 5) is 11.9. The molecular formula is C33H35N3O5S2. The van der Waals surface area contributed by atoms with Crippen LogP contribution in [0.2, 0.25) is 0 Å². The second kappa shape index (κ2) is 14.8. The first kappa shape index (κ1) is 30.9. The number of aromatic nitrogens is 2. The van der Waals surface area contributed by atoms with Crippen LogP contribution in [0.25, 0.3) is 11.1 Å². The van der Waals surface area contributed by atoms with E-state index in [1.54, 1.807) is 23.1 Å². The average Bonchev–Trinajstić information content (AvgIpc) is 3.47. The van der Waals surface area contributed by atoms with Gasteiger partial charge in [-0.05, 0) is 46.9 Å². The number of nitrogens with zero attached hydrogens (tertiary/aromatic N) is 2. The van der Waals surface area contributed by atoms with Crippen LogP contribution in [-0.4, -0.2) is 39.9 Å². The Labute approximate surface area is 260 Å². The van der Waals surface area contributed by atoms with E-state index in [9.17, 15) is 9.90 Å². The van der Waals surface area contributed by atoms with E-state index in [-0.39, 0.29) is 31.3 Å². The lowest BCUT2D eigenvalue weighted by Crippen LogP contribution is -2.38. The number of carbonyl (C=O) groups excluding carboxylic acids is 1. The molecule has 1 fully saturated rings. The van der Waals surface area contributed by atoms with Crippen molar-refractivity contribution >= 4 is 29.2 Å². The molecule has 1 aliphatic heterocycles. The van der Waals surface area contributed by atoms with Gasteiger partial charge in [-0.1, -0.05) is 103 Å². The molecular weight excluding hydrogens is 583 g/mol. The minimum Gasteiger partial charge on any atom is -0.445 e. The van der Waals surface area contributed by atoms with E-state index in [1.165, 1.54) is 6.08 Å². The van der Waals surface area contributed by atoms with Gasteiger partial charge in [0, 0.05) is 23.8 Å². The zero-order valence-corrected chi connectivity index (χ0v) is 25.8. The molecule has 1 aliphatic rings. The van der Waals surface area contributed by atoms with Gasteiger partial charge >= 0.3 is 6.09 Å². The maximum absolute atomic E-state index is 11.9. The number of hydrogen-bond donors (Lipinski definition) is 2. The van der Waals surface area contributed by atoms with Gasteiger partial charge in [0.2, 0.25) is 0 Å². The highest BCUT2D eigenvalue weighted by molar-refractivity contribution is 8.01. The zero-order valence-electron chi connectivity index (χ0n) is 24.1. The zero-order chi connectivity index (χ0) is 30.2.